The van der Waals surface area contributed by atoms with Gasteiger partial charge in [0.05, 0.1) is 38.9 Å². The van der Waals surface area contributed by atoms with E-state index in [-0.39, 0.29) is 6.71 Å². The van der Waals surface area contributed by atoms with Gasteiger partial charge in [-0.2, -0.15) is 0 Å². The van der Waals surface area contributed by atoms with Crippen LogP contribution >= 0.6 is 0 Å². The van der Waals surface area contributed by atoms with Crippen molar-refractivity contribution in [3.05, 3.63) is 267 Å². The van der Waals surface area contributed by atoms with Gasteiger partial charge in [0.2, 0.25) is 0 Å². The molecule has 0 N–H and O–H groups in total. The molecule has 0 saturated carbocycles. The van der Waals surface area contributed by atoms with Crippen LogP contribution in [0.3, 0.4) is 0 Å². The number of furan rings is 4. The molecule has 7 nitrogen and oxygen atoms in total. The highest BCUT2D eigenvalue weighted by Gasteiger charge is 2.47. The lowest BCUT2D eigenvalue weighted by atomic mass is 9.33. The van der Waals surface area contributed by atoms with Crippen LogP contribution in [0.2, 0.25) is 0 Å². The van der Waals surface area contributed by atoms with Crippen molar-refractivity contribution in [1.29, 1.82) is 0 Å². The van der Waals surface area contributed by atoms with E-state index in [0.29, 0.717) is 0 Å². The van der Waals surface area contributed by atoms with Crippen LogP contribution in [-0.4, -0.2) is 11.3 Å². The Bertz CT molecular complexity index is 5890. The number of anilines is 6. The third-order valence-corrected chi connectivity index (χ3v) is 18.5. The molecule has 18 aromatic rings. The predicted molar refractivity (Wildman–Crippen MR) is 355 cm³/mol. The highest BCUT2D eigenvalue weighted by Crippen LogP contribution is 2.54. The summed E-state index contributed by atoms with van der Waals surface area (Å²) >= 11 is 0. The maximum absolute atomic E-state index is 7.45. The van der Waals surface area contributed by atoms with E-state index in [1.54, 1.807) is 0 Å². The fourth-order valence-electron chi connectivity index (χ4n) is 14.9. The summed E-state index contributed by atoms with van der Waals surface area (Å²) in [6.45, 7) is -0.337. The smallest absolute Gasteiger partial charge is 0.252 e. The first kappa shape index (κ1) is 46.1. The third-order valence-electron chi connectivity index (χ3n) is 18.5. The van der Waals surface area contributed by atoms with Crippen molar-refractivity contribution in [2.75, 3.05) is 9.80 Å². The van der Waals surface area contributed by atoms with Gasteiger partial charge in [-0.3, -0.25) is 0 Å². The van der Waals surface area contributed by atoms with Gasteiger partial charge in [0.25, 0.3) is 6.71 Å². The Balaban J connectivity index is 0.960. The number of benzene rings is 13. The minimum absolute atomic E-state index is 0.337. The second-order valence-corrected chi connectivity index (χ2v) is 23.0. The van der Waals surface area contributed by atoms with Crippen LogP contribution < -0.4 is 26.2 Å². The minimum Gasteiger partial charge on any atom is -0.456 e. The molecule has 0 spiro atoms. The first-order chi connectivity index (χ1) is 42.6. The lowest BCUT2D eigenvalue weighted by Gasteiger charge is -2.44. The molecule has 86 heavy (non-hydrogen) atoms. The molecular formula is C78H44BN3O4. The molecule has 7 heterocycles. The topological polar surface area (TPSA) is 64.0 Å². The zero-order chi connectivity index (χ0) is 55.9. The van der Waals surface area contributed by atoms with Crippen LogP contribution in [0.4, 0.5) is 34.1 Å². The molecule has 0 amide bonds. The molecule has 5 aromatic heterocycles. The Morgan fingerprint density at radius 3 is 1.41 bits per heavy atom. The summed E-state index contributed by atoms with van der Waals surface area (Å²) in [6.07, 6.45) is 0. The standard InChI is InChI=1S/C78H44BN3O4/c1-3-17-45(18-4-1)47-33-37-69-56(39-47)74-63(27-15-31-71(74)83-69)81-62-36-35-49(80-60-25-11-7-21-50(60)51-22-8-12-26-61(51)80)41-58(62)79-59-44-73-54(52-23-9-13-29-67(52)85-73)42-65(59)82(77-76(79)66(81)43-55-53-24-10-14-30-68(53)86-78(55)77)64-28-16-32-72-75(64)57-40-48(34-38-70(57)84-72)46-19-5-2-6-20-46/h1-44H. The van der Waals surface area contributed by atoms with Crippen molar-refractivity contribution >= 4 is 167 Å². The van der Waals surface area contributed by atoms with Gasteiger partial charge in [0.15, 0.2) is 5.58 Å². The third kappa shape index (κ3) is 6.26. The molecule has 0 radical (unpaired) electrons. The van der Waals surface area contributed by atoms with E-state index < -0.39 is 0 Å². The molecule has 0 aliphatic carbocycles. The fourth-order valence-corrected chi connectivity index (χ4v) is 14.9. The number of hydrogen-bond acceptors (Lipinski definition) is 6. The molecule has 2 aliphatic heterocycles. The SMILES string of the molecule is c1ccc(-c2ccc3oc4cccc(N5c6ccc(-n7c8ccccc8c8ccccc87)cc6B6c7cc8oc9ccccc9c8cc7N(c7cccc8oc9ccc(-c%10ccccc%10)cc9c78)c7c6c5cc5c7oc6ccccc65)c4c3c2)cc1. The molecule has 0 atom stereocenters. The summed E-state index contributed by atoms with van der Waals surface area (Å²) in [5.41, 5.74) is 23.8. The van der Waals surface area contributed by atoms with Crippen molar-refractivity contribution < 1.29 is 17.7 Å². The van der Waals surface area contributed by atoms with Gasteiger partial charge in [-0.25, -0.2) is 0 Å². The first-order valence-corrected chi connectivity index (χ1v) is 29.3. The Morgan fingerprint density at radius 1 is 0.267 bits per heavy atom. The van der Waals surface area contributed by atoms with Gasteiger partial charge < -0.3 is 32.0 Å². The molecule has 0 bridgehead atoms. The number of rotatable bonds is 5. The van der Waals surface area contributed by atoms with E-state index in [9.17, 15) is 0 Å². The monoisotopic (exact) mass is 1100 g/mol. The Kier molecular flexibility index (Phi) is 9.14. The molecule has 0 fully saturated rings. The van der Waals surface area contributed by atoms with Crippen LogP contribution in [0.15, 0.2) is 285 Å². The average molecular weight is 1100 g/mol. The van der Waals surface area contributed by atoms with Crippen molar-refractivity contribution in [3.63, 3.8) is 0 Å². The summed E-state index contributed by atoms with van der Waals surface area (Å²) in [6, 6.07) is 96.1. The van der Waals surface area contributed by atoms with Crippen molar-refractivity contribution in [3.8, 4) is 27.9 Å². The molecular weight excluding hydrogens is 1050 g/mol. The van der Waals surface area contributed by atoms with Gasteiger partial charge >= 0.3 is 0 Å². The lowest BCUT2D eigenvalue weighted by Crippen LogP contribution is -2.61. The Hall–Kier alpha value is -11.5. The molecule has 2 aliphatic rings. The predicted octanol–water partition coefficient (Wildman–Crippen LogP) is 19.8. The molecule has 13 aromatic carbocycles. The van der Waals surface area contributed by atoms with E-state index in [1.807, 2.05) is 0 Å². The lowest BCUT2D eigenvalue weighted by molar-refractivity contribution is 0.668. The largest absolute Gasteiger partial charge is 0.456 e. The number of para-hydroxylation sites is 4. The van der Waals surface area contributed by atoms with Crippen molar-refractivity contribution in [2.24, 2.45) is 0 Å². The van der Waals surface area contributed by atoms with Crippen LogP contribution in [0, 0.1) is 0 Å². The molecule has 398 valence electrons. The number of aromatic nitrogens is 1. The van der Waals surface area contributed by atoms with Crippen LogP contribution in [-0.2, 0) is 0 Å². The van der Waals surface area contributed by atoms with Crippen molar-refractivity contribution in [1.82, 2.24) is 4.57 Å². The zero-order valence-electron chi connectivity index (χ0n) is 46.0. The number of hydrogen-bond donors (Lipinski definition) is 0. The second-order valence-electron chi connectivity index (χ2n) is 23.0. The summed E-state index contributed by atoms with van der Waals surface area (Å²) < 4.78 is 30.7. The summed E-state index contributed by atoms with van der Waals surface area (Å²) in [7, 11) is 0. The second kappa shape index (κ2) is 17.1. The normalized spacial score (nSPS) is 13.0. The van der Waals surface area contributed by atoms with E-state index in [1.165, 1.54) is 10.8 Å². The van der Waals surface area contributed by atoms with E-state index >= 15 is 0 Å². The highest BCUT2D eigenvalue weighted by atomic mass is 16.3. The summed E-state index contributed by atoms with van der Waals surface area (Å²) in [5, 5.41) is 10.7. The van der Waals surface area contributed by atoms with E-state index in [2.05, 4.69) is 281 Å². The Labute approximate surface area is 491 Å². The zero-order valence-corrected chi connectivity index (χ0v) is 46.0. The first-order valence-electron chi connectivity index (χ1n) is 29.3. The minimum atomic E-state index is -0.337. The van der Waals surface area contributed by atoms with Gasteiger partial charge in [0.1, 0.15) is 39.1 Å². The van der Waals surface area contributed by atoms with Crippen molar-refractivity contribution in [2.45, 2.75) is 0 Å². The van der Waals surface area contributed by atoms with Crippen LogP contribution in [0.5, 0.6) is 0 Å². The maximum atomic E-state index is 7.45. The maximum Gasteiger partial charge on any atom is 0.252 e. The molecule has 0 saturated heterocycles. The van der Waals surface area contributed by atoms with Gasteiger partial charge in [0, 0.05) is 65.8 Å². The van der Waals surface area contributed by atoms with Crippen LogP contribution in [0.25, 0.3) is 138 Å². The van der Waals surface area contributed by atoms with E-state index in [4.69, 9.17) is 17.7 Å². The fraction of sp³-hybridized carbons (Fsp3) is 0. The summed E-state index contributed by atoms with van der Waals surface area (Å²) in [5.74, 6) is 0. The molecule has 8 heteroatoms. The average Bonchev–Trinajstić information content (AvgIpc) is 1.08. The van der Waals surface area contributed by atoms with Gasteiger partial charge in [-0.05, 0) is 148 Å². The van der Waals surface area contributed by atoms with E-state index in [0.717, 1.165) is 177 Å². The molecule has 0 unspecified atom stereocenters. The van der Waals surface area contributed by atoms with Gasteiger partial charge in [-0.1, -0.05) is 158 Å². The number of nitrogens with zero attached hydrogens (tertiary/aromatic N) is 3. The summed E-state index contributed by atoms with van der Waals surface area (Å²) in [4.78, 5) is 5.03. The van der Waals surface area contributed by atoms with Crippen LogP contribution in [0.1, 0.15) is 0 Å². The highest BCUT2D eigenvalue weighted by molar-refractivity contribution is 7.00. The van der Waals surface area contributed by atoms with Gasteiger partial charge in [-0.15, -0.1) is 0 Å². The molecule has 20 rings (SSSR count). The Morgan fingerprint density at radius 2 is 0.767 bits per heavy atom. The quantitative estimate of drug-likeness (QED) is 0.160. The number of fused-ring (bicyclic) bond motifs is 20.